The van der Waals surface area contributed by atoms with Crippen LogP contribution in [0.25, 0.3) is 0 Å². The number of thioether (sulfide) groups is 1. The standard InChI is InChI=1S/C45H63NO20S/c47-19-27(52)39(31(53)26(51)18-46-16-17-67-45(23-10-4-1-5-11-23,24-12-6-2-7-13-24)25-14-8-3-9-15-25)64-43-37(59)34(56)41(29(21-49)62-43)66-44-38(60)35(57)40(30(22-50)63-44)65-42-36(58)33(55)32(54)28(20-48)61-42/h1-15,26-44,46-60H,16-22H2/t26-,27+,28+,29+,30+,31+,32+,33-,34+,35+,36+,37+,38+,39+,40+,41+,42+,43+,44+/m0/s1. The second-order valence-corrected chi connectivity index (χ2v) is 17.9. The number of rotatable bonds is 22. The molecule has 3 aromatic rings. The van der Waals surface area contributed by atoms with Crippen molar-refractivity contribution in [3.8, 4) is 0 Å². The van der Waals surface area contributed by atoms with Gasteiger partial charge in [-0.2, -0.15) is 0 Å². The minimum Gasteiger partial charge on any atom is -0.394 e. The molecule has 3 fully saturated rings. The third kappa shape index (κ3) is 12.0. The predicted molar refractivity (Wildman–Crippen MR) is 234 cm³/mol. The Morgan fingerprint density at radius 1 is 0.522 bits per heavy atom. The normalized spacial score (nSPS) is 34.6. The first-order valence-corrected chi connectivity index (χ1v) is 22.9. The Kier molecular flexibility index (Phi) is 19.8. The van der Waals surface area contributed by atoms with E-state index in [9.17, 15) is 71.5 Å². The molecule has 3 aromatic carbocycles. The van der Waals surface area contributed by atoms with E-state index in [2.05, 4.69) is 41.7 Å². The molecular formula is C45H63NO20S. The molecule has 0 amide bonds. The lowest BCUT2D eigenvalue weighted by molar-refractivity contribution is -0.383. The smallest absolute Gasteiger partial charge is 0.187 e. The summed E-state index contributed by atoms with van der Waals surface area (Å²) in [6, 6.07) is 30.1. The maximum atomic E-state index is 11.3. The van der Waals surface area contributed by atoms with E-state index in [1.807, 2.05) is 54.6 Å². The van der Waals surface area contributed by atoms with Crippen molar-refractivity contribution < 1.29 is 99.9 Å². The molecule has 3 aliphatic rings. The Hall–Kier alpha value is -2.83. The van der Waals surface area contributed by atoms with E-state index in [0.29, 0.717) is 12.3 Å². The van der Waals surface area contributed by atoms with Crippen LogP contribution >= 0.6 is 11.8 Å². The number of hydrogen-bond donors (Lipinski definition) is 15. The monoisotopic (exact) mass is 969 g/mol. The Morgan fingerprint density at radius 3 is 1.39 bits per heavy atom. The Balaban J connectivity index is 1.06. The van der Waals surface area contributed by atoms with E-state index >= 15 is 0 Å². The van der Waals surface area contributed by atoms with Crippen molar-refractivity contribution >= 4 is 11.8 Å². The molecule has 0 unspecified atom stereocenters. The largest absolute Gasteiger partial charge is 0.394 e. The van der Waals surface area contributed by atoms with Crippen LogP contribution in [0.2, 0.25) is 0 Å². The van der Waals surface area contributed by atoms with Gasteiger partial charge in [0.15, 0.2) is 18.9 Å². The Morgan fingerprint density at radius 2 is 0.940 bits per heavy atom. The quantitative estimate of drug-likeness (QED) is 0.0332. The zero-order chi connectivity index (χ0) is 48.4. The van der Waals surface area contributed by atoms with Gasteiger partial charge in [-0.25, -0.2) is 0 Å². The van der Waals surface area contributed by atoms with E-state index in [0.717, 1.165) is 16.7 Å². The zero-order valence-electron chi connectivity index (χ0n) is 36.2. The summed E-state index contributed by atoms with van der Waals surface area (Å²) in [6.07, 6.45) is -34.5. The van der Waals surface area contributed by atoms with Crippen molar-refractivity contribution in [2.75, 3.05) is 45.3 Å². The molecule has 67 heavy (non-hydrogen) atoms. The molecule has 0 radical (unpaired) electrons. The number of aliphatic hydroxyl groups excluding tert-OH is 14. The first-order valence-electron chi connectivity index (χ1n) is 21.9. The van der Waals surface area contributed by atoms with Crippen LogP contribution in [0.4, 0.5) is 0 Å². The Bertz CT molecular complexity index is 1780. The van der Waals surface area contributed by atoms with E-state index in [-0.39, 0.29) is 6.54 Å². The molecule has 15 N–H and O–H groups in total. The second kappa shape index (κ2) is 24.8. The van der Waals surface area contributed by atoms with Crippen molar-refractivity contribution in [1.82, 2.24) is 5.32 Å². The second-order valence-electron chi connectivity index (χ2n) is 16.6. The summed E-state index contributed by atoms with van der Waals surface area (Å²) in [5, 5.41) is 151. The van der Waals surface area contributed by atoms with Crippen LogP contribution in [-0.2, 0) is 33.2 Å². The predicted octanol–water partition coefficient (Wildman–Crippen LogP) is -4.79. The zero-order valence-corrected chi connectivity index (χ0v) is 37.0. The van der Waals surface area contributed by atoms with Crippen molar-refractivity contribution in [3.63, 3.8) is 0 Å². The minimum absolute atomic E-state index is 0.223. The van der Waals surface area contributed by atoms with Gasteiger partial charge in [0, 0.05) is 18.8 Å². The molecule has 19 atom stereocenters. The van der Waals surface area contributed by atoms with E-state index in [4.69, 9.17) is 28.4 Å². The SMILES string of the molecule is OC[C@@H](O)[C@@H](O[C@H]1O[C@H](CO)[C@@H](O[C@H]2O[C@H](CO)[C@@H](O[C@H]3O[C@H](CO)[C@@H](O)[C@H](O)[C@H]3O)[C@H](O)[C@H]2O)[C@H](O)[C@H]1O)[C@H](O)[C@@H](O)CNCCSC(c1ccccc1)(c1ccccc1)c1ccccc1. The molecule has 374 valence electrons. The molecular weight excluding hydrogens is 907 g/mol. The number of aliphatic hydroxyl groups is 14. The summed E-state index contributed by atoms with van der Waals surface area (Å²) in [5.74, 6) is 0.519. The van der Waals surface area contributed by atoms with Crippen LogP contribution < -0.4 is 5.32 Å². The van der Waals surface area contributed by atoms with Gasteiger partial charge in [-0.05, 0) is 16.7 Å². The maximum Gasteiger partial charge on any atom is 0.187 e. The van der Waals surface area contributed by atoms with Gasteiger partial charge in [0.2, 0.25) is 0 Å². The highest BCUT2D eigenvalue weighted by Gasteiger charge is 2.54. The lowest BCUT2D eigenvalue weighted by Gasteiger charge is -2.48. The molecule has 0 spiro atoms. The lowest BCUT2D eigenvalue weighted by atomic mass is 9.84. The first-order chi connectivity index (χ1) is 32.2. The highest BCUT2D eigenvalue weighted by atomic mass is 32.2. The summed E-state index contributed by atoms with van der Waals surface area (Å²) >= 11 is 1.66. The molecule has 3 aliphatic heterocycles. The number of benzene rings is 3. The lowest BCUT2D eigenvalue weighted by Crippen LogP contribution is -2.67. The first kappa shape index (κ1) is 53.5. The van der Waals surface area contributed by atoms with Crippen molar-refractivity contribution in [2.24, 2.45) is 0 Å². The number of hydrogen-bond acceptors (Lipinski definition) is 22. The fraction of sp³-hybridized carbons (Fsp3) is 0.600. The van der Waals surface area contributed by atoms with Crippen molar-refractivity contribution in [1.29, 1.82) is 0 Å². The van der Waals surface area contributed by atoms with Gasteiger partial charge in [-0.1, -0.05) is 91.0 Å². The van der Waals surface area contributed by atoms with Gasteiger partial charge in [0.1, 0.15) is 91.6 Å². The summed E-state index contributed by atoms with van der Waals surface area (Å²) in [6.45, 7) is -3.50. The van der Waals surface area contributed by atoms with Gasteiger partial charge in [-0.15, -0.1) is 11.8 Å². The van der Waals surface area contributed by atoms with Crippen LogP contribution in [-0.4, -0.2) is 233 Å². The van der Waals surface area contributed by atoms with Crippen molar-refractivity contribution in [2.45, 2.75) is 121 Å². The van der Waals surface area contributed by atoms with Gasteiger partial charge >= 0.3 is 0 Å². The topological polar surface area (TPSA) is 351 Å². The molecule has 22 heteroatoms. The molecule has 0 aromatic heterocycles. The summed E-state index contributed by atoms with van der Waals surface area (Å²) in [4.78, 5) is 0. The van der Waals surface area contributed by atoms with E-state index < -0.39 is 148 Å². The summed E-state index contributed by atoms with van der Waals surface area (Å²) in [7, 11) is 0. The van der Waals surface area contributed by atoms with Crippen LogP contribution in [0.1, 0.15) is 16.7 Å². The molecule has 3 heterocycles. The van der Waals surface area contributed by atoms with E-state index in [1.165, 1.54) is 0 Å². The number of ether oxygens (including phenoxy) is 6. The molecule has 0 saturated carbocycles. The van der Waals surface area contributed by atoms with Gasteiger partial charge < -0.3 is 105 Å². The van der Waals surface area contributed by atoms with Gasteiger partial charge in [0.05, 0.1) is 37.3 Å². The van der Waals surface area contributed by atoms with E-state index in [1.54, 1.807) is 11.8 Å². The van der Waals surface area contributed by atoms with Crippen LogP contribution in [0.15, 0.2) is 91.0 Å². The molecule has 0 aliphatic carbocycles. The third-order valence-corrected chi connectivity index (χ3v) is 13.7. The third-order valence-electron chi connectivity index (χ3n) is 12.2. The molecule has 3 saturated heterocycles. The highest BCUT2D eigenvalue weighted by Crippen LogP contribution is 2.48. The Labute approximate surface area is 390 Å². The van der Waals surface area contributed by atoms with Gasteiger partial charge in [-0.3, -0.25) is 0 Å². The fourth-order valence-corrected chi connectivity index (χ4v) is 9.91. The number of nitrogens with one attached hydrogen (secondary N) is 1. The molecule has 0 bridgehead atoms. The van der Waals surface area contributed by atoms with Crippen LogP contribution in [0.3, 0.4) is 0 Å². The maximum absolute atomic E-state index is 11.3. The fourth-order valence-electron chi connectivity index (χ4n) is 8.45. The van der Waals surface area contributed by atoms with Crippen LogP contribution in [0.5, 0.6) is 0 Å². The summed E-state index contributed by atoms with van der Waals surface area (Å²) in [5.41, 5.74) is 3.15. The average molecular weight is 970 g/mol. The summed E-state index contributed by atoms with van der Waals surface area (Å²) < 4.78 is 32.9. The molecule has 21 nitrogen and oxygen atoms in total. The highest BCUT2D eigenvalue weighted by molar-refractivity contribution is 8.00. The average Bonchev–Trinajstić information content (AvgIpc) is 3.36. The van der Waals surface area contributed by atoms with Gasteiger partial charge in [0.25, 0.3) is 0 Å². The van der Waals surface area contributed by atoms with Crippen LogP contribution in [0, 0.1) is 0 Å². The minimum atomic E-state index is -2.08. The molecule has 6 rings (SSSR count). The van der Waals surface area contributed by atoms with Crippen molar-refractivity contribution in [3.05, 3.63) is 108 Å².